The van der Waals surface area contributed by atoms with Crippen LogP contribution in [-0.4, -0.2) is 50.7 Å². The molecule has 0 amide bonds. The predicted octanol–water partition coefficient (Wildman–Crippen LogP) is 2.11. The molecule has 1 rings (SSSR count). The molecule has 1 aromatic heterocycles. The normalized spacial score (nSPS) is 12.5. The highest BCUT2D eigenvalue weighted by Gasteiger charge is 2.30. The van der Waals surface area contributed by atoms with Crippen LogP contribution < -0.4 is 0 Å². The van der Waals surface area contributed by atoms with E-state index in [2.05, 4.69) is 0 Å². The Hall–Kier alpha value is -0.470. The van der Waals surface area contributed by atoms with Gasteiger partial charge in [-0.05, 0) is 25.0 Å². The number of aliphatic hydroxyl groups is 1. The van der Waals surface area contributed by atoms with E-state index in [9.17, 15) is 8.42 Å². The Morgan fingerprint density at radius 3 is 2.52 bits per heavy atom. The molecule has 1 heterocycles. The van der Waals surface area contributed by atoms with E-state index in [4.69, 9.17) is 9.84 Å². The zero-order valence-corrected chi connectivity index (χ0v) is 14.5. The van der Waals surface area contributed by atoms with Crippen molar-refractivity contribution in [3.05, 3.63) is 17.0 Å². The minimum atomic E-state index is -3.50. The van der Waals surface area contributed by atoms with E-state index in [1.807, 2.05) is 13.8 Å². The first-order valence-electron chi connectivity index (χ1n) is 7.21. The van der Waals surface area contributed by atoms with Crippen LogP contribution in [0.25, 0.3) is 0 Å². The molecule has 0 radical (unpaired) electrons. The van der Waals surface area contributed by atoms with Gasteiger partial charge in [0, 0.05) is 37.6 Å². The van der Waals surface area contributed by atoms with Gasteiger partial charge in [-0.15, -0.1) is 11.3 Å². The van der Waals surface area contributed by atoms with Crippen molar-refractivity contribution >= 4 is 21.4 Å². The number of aliphatic hydroxyl groups excluding tert-OH is 1. The fraction of sp³-hybridized carbons (Fsp3) is 0.714. The van der Waals surface area contributed by atoms with Crippen molar-refractivity contribution in [1.82, 2.24) is 4.31 Å². The quantitative estimate of drug-likeness (QED) is 0.711. The third kappa shape index (κ3) is 4.75. The molecule has 0 atom stereocenters. The van der Waals surface area contributed by atoms with E-state index < -0.39 is 10.0 Å². The lowest BCUT2D eigenvalue weighted by molar-refractivity contribution is 0.163. The third-order valence-electron chi connectivity index (χ3n) is 3.42. The summed E-state index contributed by atoms with van der Waals surface area (Å²) in [5.74, 6) is 0. The van der Waals surface area contributed by atoms with Crippen LogP contribution in [0.1, 0.15) is 31.6 Å². The number of rotatable bonds is 10. The lowest BCUT2D eigenvalue weighted by Crippen LogP contribution is -2.41. The largest absolute Gasteiger partial charge is 0.396 e. The molecule has 0 unspecified atom stereocenters. The minimum Gasteiger partial charge on any atom is -0.396 e. The van der Waals surface area contributed by atoms with Gasteiger partial charge in [-0.1, -0.05) is 13.8 Å². The van der Waals surface area contributed by atoms with E-state index in [1.54, 1.807) is 23.5 Å². The lowest BCUT2D eigenvalue weighted by Gasteiger charge is -2.28. The lowest BCUT2D eigenvalue weighted by atomic mass is 10.2. The summed E-state index contributed by atoms with van der Waals surface area (Å²) in [5, 5.41) is 8.95. The van der Waals surface area contributed by atoms with Crippen molar-refractivity contribution in [3.8, 4) is 0 Å². The summed E-state index contributed by atoms with van der Waals surface area (Å²) in [4.78, 5) is 0.882. The van der Waals surface area contributed by atoms with Crippen molar-refractivity contribution in [2.45, 2.75) is 43.4 Å². The minimum absolute atomic E-state index is 0.0199. The standard InChI is InChI=1S/C14H25NO4S2/c1-4-12(5-2)15(9-11-19-3)21(17,18)14-7-6-13(20-14)8-10-16/h6-7,12,16H,4-5,8-11H2,1-3H3. The Kier molecular flexibility index (Phi) is 7.83. The monoisotopic (exact) mass is 335 g/mol. The van der Waals surface area contributed by atoms with E-state index in [0.717, 1.165) is 17.7 Å². The Bertz CT molecular complexity index is 509. The summed E-state index contributed by atoms with van der Waals surface area (Å²) in [6.45, 7) is 4.76. The van der Waals surface area contributed by atoms with E-state index >= 15 is 0 Å². The topological polar surface area (TPSA) is 66.8 Å². The van der Waals surface area contributed by atoms with Crippen molar-refractivity contribution < 1.29 is 18.3 Å². The number of nitrogens with zero attached hydrogens (tertiary/aromatic N) is 1. The van der Waals surface area contributed by atoms with Gasteiger partial charge < -0.3 is 9.84 Å². The first-order valence-corrected chi connectivity index (χ1v) is 9.47. The van der Waals surface area contributed by atoms with Gasteiger partial charge in [0.25, 0.3) is 10.0 Å². The highest BCUT2D eigenvalue weighted by atomic mass is 32.2. The Labute approximate surface area is 131 Å². The maximum absolute atomic E-state index is 12.8. The maximum atomic E-state index is 12.8. The van der Waals surface area contributed by atoms with Crippen LogP contribution in [0.3, 0.4) is 0 Å². The fourth-order valence-electron chi connectivity index (χ4n) is 2.23. The third-order valence-corrected chi connectivity index (χ3v) is 6.99. The molecule has 0 aliphatic heterocycles. The second-order valence-corrected chi connectivity index (χ2v) is 8.06. The van der Waals surface area contributed by atoms with E-state index in [-0.39, 0.29) is 12.6 Å². The van der Waals surface area contributed by atoms with Gasteiger partial charge in [-0.25, -0.2) is 8.42 Å². The number of methoxy groups -OCH3 is 1. The molecule has 1 aromatic rings. The number of thiophene rings is 1. The molecule has 0 saturated carbocycles. The molecule has 1 N–H and O–H groups in total. The first kappa shape index (κ1) is 18.6. The second-order valence-electron chi connectivity index (χ2n) is 4.77. The smallest absolute Gasteiger partial charge is 0.252 e. The molecule has 0 fully saturated rings. The molecule has 0 bridgehead atoms. The van der Waals surface area contributed by atoms with Gasteiger partial charge in [0.2, 0.25) is 0 Å². The SMILES string of the molecule is CCC(CC)N(CCOC)S(=O)(=O)c1ccc(CCO)s1. The highest BCUT2D eigenvalue weighted by Crippen LogP contribution is 2.27. The van der Waals surface area contributed by atoms with Crippen LogP contribution in [0.4, 0.5) is 0 Å². The number of hydrogen-bond donors (Lipinski definition) is 1. The van der Waals surface area contributed by atoms with Crippen molar-refractivity contribution in [3.63, 3.8) is 0 Å². The summed E-state index contributed by atoms with van der Waals surface area (Å²) in [7, 11) is -1.93. The van der Waals surface area contributed by atoms with Crippen molar-refractivity contribution in [2.75, 3.05) is 26.9 Å². The van der Waals surface area contributed by atoms with Crippen LogP contribution in [0.5, 0.6) is 0 Å². The summed E-state index contributed by atoms with van der Waals surface area (Å²) < 4.78 is 32.6. The molecule has 5 nitrogen and oxygen atoms in total. The zero-order valence-electron chi connectivity index (χ0n) is 12.9. The molecular weight excluding hydrogens is 310 g/mol. The average molecular weight is 335 g/mol. The molecular formula is C14H25NO4S2. The zero-order chi connectivity index (χ0) is 15.9. The second kappa shape index (κ2) is 8.85. The van der Waals surface area contributed by atoms with Crippen LogP contribution in [0.15, 0.2) is 16.3 Å². The number of ether oxygens (including phenoxy) is 1. The molecule has 21 heavy (non-hydrogen) atoms. The van der Waals surface area contributed by atoms with Crippen LogP contribution in [0.2, 0.25) is 0 Å². The summed E-state index contributed by atoms with van der Waals surface area (Å²) in [6, 6.07) is 3.39. The summed E-state index contributed by atoms with van der Waals surface area (Å²) in [5.41, 5.74) is 0. The highest BCUT2D eigenvalue weighted by molar-refractivity contribution is 7.91. The van der Waals surface area contributed by atoms with Crippen LogP contribution >= 0.6 is 11.3 Å². The summed E-state index contributed by atoms with van der Waals surface area (Å²) in [6.07, 6.45) is 2.03. The van der Waals surface area contributed by atoms with Crippen molar-refractivity contribution in [2.24, 2.45) is 0 Å². The molecule has 0 aliphatic carbocycles. The fourth-order valence-corrected chi connectivity index (χ4v) is 5.46. The number of sulfonamides is 1. The first-order chi connectivity index (χ1) is 10.0. The van der Waals surface area contributed by atoms with Gasteiger partial charge in [-0.2, -0.15) is 4.31 Å². The van der Waals surface area contributed by atoms with E-state index in [0.29, 0.717) is 23.8 Å². The van der Waals surface area contributed by atoms with Gasteiger partial charge in [0.15, 0.2) is 0 Å². The molecule has 0 aromatic carbocycles. The molecule has 7 heteroatoms. The maximum Gasteiger partial charge on any atom is 0.252 e. The average Bonchev–Trinajstić information content (AvgIpc) is 2.93. The van der Waals surface area contributed by atoms with E-state index in [1.165, 1.54) is 11.3 Å². The van der Waals surface area contributed by atoms with Crippen LogP contribution in [0, 0.1) is 0 Å². The summed E-state index contributed by atoms with van der Waals surface area (Å²) >= 11 is 1.23. The van der Waals surface area contributed by atoms with Crippen molar-refractivity contribution in [1.29, 1.82) is 0 Å². The Morgan fingerprint density at radius 2 is 2.00 bits per heavy atom. The molecule has 122 valence electrons. The van der Waals surface area contributed by atoms with Gasteiger partial charge in [0.05, 0.1) is 6.61 Å². The molecule has 0 spiro atoms. The number of hydrogen-bond acceptors (Lipinski definition) is 5. The van der Waals surface area contributed by atoms with Gasteiger partial charge in [-0.3, -0.25) is 0 Å². The Balaban J connectivity index is 3.06. The molecule has 0 saturated heterocycles. The Morgan fingerprint density at radius 1 is 1.33 bits per heavy atom. The predicted molar refractivity (Wildman–Crippen MR) is 85.2 cm³/mol. The van der Waals surface area contributed by atoms with Gasteiger partial charge >= 0.3 is 0 Å². The van der Waals surface area contributed by atoms with Gasteiger partial charge in [0.1, 0.15) is 4.21 Å². The molecule has 0 aliphatic rings. The van der Waals surface area contributed by atoms with Crippen LogP contribution in [-0.2, 0) is 21.2 Å².